The summed E-state index contributed by atoms with van der Waals surface area (Å²) in [6.45, 7) is 0. The molecule has 1 amide bonds. The normalized spacial score (nSPS) is 11.1. The van der Waals surface area contributed by atoms with Gasteiger partial charge in [-0.05, 0) is 36.4 Å². The van der Waals surface area contributed by atoms with Crippen LogP contribution in [-0.4, -0.2) is 26.1 Å². The van der Waals surface area contributed by atoms with Crippen LogP contribution in [0.25, 0.3) is 33.5 Å². The van der Waals surface area contributed by atoms with Gasteiger partial charge >= 0.3 is 0 Å². The van der Waals surface area contributed by atoms with Gasteiger partial charge in [-0.25, -0.2) is 4.98 Å². The summed E-state index contributed by atoms with van der Waals surface area (Å²) in [5, 5.41) is 11.3. The van der Waals surface area contributed by atoms with E-state index in [1.165, 1.54) is 0 Å². The maximum Gasteiger partial charge on any atom is 0.255 e. The summed E-state index contributed by atoms with van der Waals surface area (Å²) in [7, 11) is 0. The van der Waals surface area contributed by atoms with Crippen molar-refractivity contribution >= 4 is 33.5 Å². The maximum absolute atomic E-state index is 12.5. The van der Waals surface area contributed by atoms with Gasteiger partial charge in [0.15, 0.2) is 5.82 Å². The van der Waals surface area contributed by atoms with E-state index in [0.717, 1.165) is 33.3 Å². The van der Waals surface area contributed by atoms with Gasteiger partial charge in [-0.2, -0.15) is 5.10 Å². The zero-order valence-corrected chi connectivity index (χ0v) is 14.2. The van der Waals surface area contributed by atoms with Crippen LogP contribution in [0.5, 0.6) is 0 Å². The number of hydrogen-bond acceptors (Lipinski definition) is 3. The molecule has 0 aliphatic rings. The van der Waals surface area contributed by atoms with Crippen LogP contribution in [0.1, 0.15) is 10.4 Å². The first-order valence-corrected chi connectivity index (χ1v) is 8.57. The number of nitrogens with zero attached hydrogens (tertiary/aromatic N) is 2. The minimum absolute atomic E-state index is 0.169. The highest BCUT2D eigenvalue weighted by molar-refractivity contribution is 6.06. The second kappa shape index (κ2) is 6.10. The summed E-state index contributed by atoms with van der Waals surface area (Å²) in [5.74, 6) is 0.501. The Hall–Kier alpha value is -3.93. The van der Waals surface area contributed by atoms with E-state index in [4.69, 9.17) is 0 Å². The van der Waals surface area contributed by atoms with Gasteiger partial charge in [0.1, 0.15) is 5.69 Å². The molecule has 27 heavy (non-hydrogen) atoms. The van der Waals surface area contributed by atoms with Gasteiger partial charge in [-0.1, -0.05) is 36.4 Å². The Bertz CT molecular complexity index is 1270. The molecule has 5 aromatic rings. The summed E-state index contributed by atoms with van der Waals surface area (Å²) in [5.41, 5.74) is 4.60. The maximum atomic E-state index is 12.5. The van der Waals surface area contributed by atoms with Crippen LogP contribution < -0.4 is 5.32 Å². The summed E-state index contributed by atoms with van der Waals surface area (Å²) < 4.78 is 0. The number of amides is 1. The molecule has 0 saturated carbocycles. The fourth-order valence-corrected chi connectivity index (χ4v) is 3.13. The zero-order chi connectivity index (χ0) is 18.2. The third kappa shape index (κ3) is 2.73. The van der Waals surface area contributed by atoms with Crippen molar-refractivity contribution in [2.24, 2.45) is 0 Å². The molecule has 0 spiro atoms. The molecule has 6 heteroatoms. The Balaban J connectivity index is 1.51. The number of anilines is 1. The number of H-pyrrole nitrogens is 2. The van der Waals surface area contributed by atoms with Gasteiger partial charge in [0.05, 0.1) is 16.6 Å². The first-order chi connectivity index (χ1) is 13.3. The number of carbonyl (C=O) groups is 1. The average Bonchev–Trinajstić information content (AvgIpc) is 3.32. The molecule has 0 aliphatic carbocycles. The molecule has 0 aliphatic heterocycles. The molecular formula is C21H15N5O. The van der Waals surface area contributed by atoms with Crippen molar-refractivity contribution in [1.82, 2.24) is 20.2 Å². The number of rotatable bonds is 3. The number of benzene rings is 3. The summed E-state index contributed by atoms with van der Waals surface area (Å²) in [6.07, 6.45) is 0. The van der Waals surface area contributed by atoms with Crippen molar-refractivity contribution < 1.29 is 4.79 Å². The number of carbonyl (C=O) groups excluding carboxylic acids is 1. The number of aromatic amines is 2. The SMILES string of the molecule is O=C(Nc1ccccc1)c1ccc2[nH]c(-c3n[nH]c4ccccc34)nc2c1. The van der Waals surface area contributed by atoms with Crippen molar-refractivity contribution in [1.29, 1.82) is 0 Å². The van der Waals surface area contributed by atoms with Crippen LogP contribution in [0.15, 0.2) is 72.8 Å². The molecule has 5 rings (SSSR count). The van der Waals surface area contributed by atoms with Gasteiger partial charge in [0, 0.05) is 16.6 Å². The van der Waals surface area contributed by atoms with Crippen molar-refractivity contribution in [3.8, 4) is 11.5 Å². The van der Waals surface area contributed by atoms with E-state index < -0.39 is 0 Å². The first-order valence-electron chi connectivity index (χ1n) is 8.57. The van der Waals surface area contributed by atoms with Crippen LogP contribution >= 0.6 is 0 Å². The lowest BCUT2D eigenvalue weighted by Crippen LogP contribution is -2.11. The van der Waals surface area contributed by atoms with E-state index in [2.05, 4.69) is 25.5 Å². The van der Waals surface area contributed by atoms with Crippen LogP contribution in [-0.2, 0) is 0 Å². The minimum atomic E-state index is -0.169. The van der Waals surface area contributed by atoms with Gasteiger partial charge in [0.2, 0.25) is 0 Å². The monoisotopic (exact) mass is 353 g/mol. The Morgan fingerprint density at radius 2 is 1.70 bits per heavy atom. The summed E-state index contributed by atoms with van der Waals surface area (Å²) >= 11 is 0. The molecule has 130 valence electrons. The third-order valence-electron chi connectivity index (χ3n) is 4.47. The summed E-state index contributed by atoms with van der Waals surface area (Å²) in [6, 6.07) is 22.7. The van der Waals surface area contributed by atoms with E-state index in [0.29, 0.717) is 11.4 Å². The molecule has 0 fully saturated rings. The number of imidazole rings is 1. The third-order valence-corrected chi connectivity index (χ3v) is 4.47. The van der Waals surface area contributed by atoms with E-state index >= 15 is 0 Å². The van der Waals surface area contributed by atoms with E-state index in [9.17, 15) is 4.79 Å². The molecular weight excluding hydrogens is 338 g/mol. The minimum Gasteiger partial charge on any atom is -0.337 e. The van der Waals surface area contributed by atoms with Crippen LogP contribution in [0.3, 0.4) is 0 Å². The Kier molecular flexibility index (Phi) is 3.47. The van der Waals surface area contributed by atoms with Crippen LogP contribution in [0.2, 0.25) is 0 Å². The highest BCUT2D eigenvalue weighted by atomic mass is 16.1. The Morgan fingerprint density at radius 1 is 0.889 bits per heavy atom. The fraction of sp³-hybridized carbons (Fsp3) is 0. The predicted octanol–water partition coefficient (Wildman–Crippen LogP) is 4.36. The molecule has 0 saturated heterocycles. The highest BCUT2D eigenvalue weighted by Crippen LogP contribution is 2.26. The number of fused-ring (bicyclic) bond motifs is 2. The number of nitrogens with one attached hydrogen (secondary N) is 3. The lowest BCUT2D eigenvalue weighted by Gasteiger charge is -2.04. The Labute approximate surface area is 154 Å². The van der Waals surface area contributed by atoms with Gasteiger partial charge in [-0.3, -0.25) is 9.89 Å². The largest absolute Gasteiger partial charge is 0.337 e. The van der Waals surface area contributed by atoms with Crippen molar-refractivity contribution in [3.05, 3.63) is 78.4 Å². The van der Waals surface area contributed by atoms with Gasteiger partial charge in [0.25, 0.3) is 5.91 Å². The molecule has 0 unspecified atom stereocenters. The fourth-order valence-electron chi connectivity index (χ4n) is 3.13. The number of para-hydroxylation sites is 2. The second-order valence-corrected chi connectivity index (χ2v) is 6.26. The van der Waals surface area contributed by atoms with Crippen molar-refractivity contribution in [2.45, 2.75) is 0 Å². The predicted molar refractivity (Wildman–Crippen MR) is 106 cm³/mol. The quantitative estimate of drug-likeness (QED) is 0.450. The van der Waals surface area contributed by atoms with Crippen molar-refractivity contribution in [3.63, 3.8) is 0 Å². The smallest absolute Gasteiger partial charge is 0.255 e. The number of aromatic nitrogens is 4. The first kappa shape index (κ1) is 15.3. The van der Waals surface area contributed by atoms with Crippen molar-refractivity contribution in [2.75, 3.05) is 5.32 Å². The molecule has 0 atom stereocenters. The number of hydrogen-bond donors (Lipinski definition) is 3. The van der Waals surface area contributed by atoms with Crippen LogP contribution in [0.4, 0.5) is 5.69 Å². The summed E-state index contributed by atoms with van der Waals surface area (Å²) in [4.78, 5) is 20.4. The molecule has 2 heterocycles. The lowest BCUT2D eigenvalue weighted by molar-refractivity contribution is 0.102. The molecule has 0 radical (unpaired) electrons. The molecule has 2 aromatic heterocycles. The molecule has 3 aromatic carbocycles. The van der Waals surface area contributed by atoms with E-state index in [1.54, 1.807) is 12.1 Å². The average molecular weight is 353 g/mol. The van der Waals surface area contributed by atoms with Crippen LogP contribution in [0, 0.1) is 0 Å². The molecule has 0 bridgehead atoms. The second-order valence-electron chi connectivity index (χ2n) is 6.26. The molecule has 6 nitrogen and oxygen atoms in total. The van der Waals surface area contributed by atoms with Gasteiger partial charge < -0.3 is 10.3 Å². The van der Waals surface area contributed by atoms with E-state index in [1.807, 2.05) is 60.7 Å². The molecule has 3 N–H and O–H groups in total. The zero-order valence-electron chi connectivity index (χ0n) is 14.2. The Morgan fingerprint density at radius 3 is 2.59 bits per heavy atom. The van der Waals surface area contributed by atoms with E-state index in [-0.39, 0.29) is 5.91 Å². The van der Waals surface area contributed by atoms with Gasteiger partial charge in [-0.15, -0.1) is 0 Å². The lowest BCUT2D eigenvalue weighted by atomic mass is 10.2. The standard InChI is InChI=1S/C21H15N5O/c27-21(22-14-6-2-1-3-7-14)13-10-11-17-18(12-13)24-20(23-17)19-15-8-4-5-9-16(15)25-26-19/h1-12H,(H,22,27)(H,23,24)(H,25,26). The topological polar surface area (TPSA) is 86.5 Å². The highest BCUT2D eigenvalue weighted by Gasteiger charge is 2.14.